The van der Waals surface area contributed by atoms with Crippen LogP contribution >= 0.6 is 0 Å². The highest BCUT2D eigenvalue weighted by Crippen LogP contribution is 2.55. The minimum absolute atomic E-state index is 0.155. The van der Waals surface area contributed by atoms with Crippen LogP contribution < -0.4 is 10.6 Å². The van der Waals surface area contributed by atoms with Gasteiger partial charge in [-0.2, -0.15) is 5.10 Å². The van der Waals surface area contributed by atoms with Gasteiger partial charge in [-0.1, -0.05) is 0 Å². The van der Waals surface area contributed by atoms with Crippen LogP contribution in [0.1, 0.15) is 37.1 Å². The normalized spacial score (nSPS) is 17.7. The van der Waals surface area contributed by atoms with Crippen molar-refractivity contribution in [2.45, 2.75) is 37.7 Å². The van der Waals surface area contributed by atoms with Crippen LogP contribution in [0.4, 0.5) is 15.9 Å². The van der Waals surface area contributed by atoms with Crippen molar-refractivity contribution in [3.8, 4) is 5.69 Å². The maximum absolute atomic E-state index is 14.9. The molecule has 6 rings (SSSR count). The van der Waals surface area contributed by atoms with Crippen LogP contribution in [-0.2, 0) is 12.0 Å². The second-order valence-electron chi connectivity index (χ2n) is 9.34. The van der Waals surface area contributed by atoms with Gasteiger partial charge in [-0.15, -0.1) is 0 Å². The van der Waals surface area contributed by atoms with Gasteiger partial charge in [0.1, 0.15) is 11.6 Å². The average Bonchev–Trinajstić information content (AvgIpc) is 3.55. The Balaban J connectivity index is 1.25. The van der Waals surface area contributed by atoms with Gasteiger partial charge in [-0.25, -0.2) is 14.1 Å². The van der Waals surface area contributed by atoms with Crippen molar-refractivity contribution in [3.63, 3.8) is 0 Å². The number of hydrogen-bond donors (Lipinski definition) is 3. The van der Waals surface area contributed by atoms with Gasteiger partial charge in [0.25, 0.3) is 0 Å². The maximum atomic E-state index is 14.9. The predicted molar refractivity (Wildman–Crippen MR) is 129 cm³/mol. The van der Waals surface area contributed by atoms with Gasteiger partial charge in [0.05, 0.1) is 29.2 Å². The van der Waals surface area contributed by atoms with E-state index in [4.69, 9.17) is 4.98 Å². The summed E-state index contributed by atoms with van der Waals surface area (Å²) >= 11 is 0. The number of piperidine rings is 1. The molecule has 3 aromatic heterocycles. The molecule has 0 amide bonds. The molecular weight excluding hydrogens is 431 g/mol. The molecule has 0 unspecified atom stereocenters. The fraction of sp³-hybridized carbons (Fsp3) is 0.346. The van der Waals surface area contributed by atoms with E-state index in [2.05, 4.69) is 32.8 Å². The number of anilines is 2. The highest BCUT2D eigenvalue weighted by Gasteiger charge is 2.51. The van der Waals surface area contributed by atoms with Crippen LogP contribution in [0, 0.1) is 11.7 Å². The molecule has 0 spiro atoms. The van der Waals surface area contributed by atoms with Gasteiger partial charge in [0, 0.05) is 41.0 Å². The van der Waals surface area contributed by atoms with E-state index in [9.17, 15) is 9.50 Å². The van der Waals surface area contributed by atoms with Crippen LogP contribution in [0.2, 0.25) is 0 Å². The lowest BCUT2D eigenvalue weighted by molar-refractivity contribution is 0.276. The predicted octanol–water partition coefficient (Wildman–Crippen LogP) is 4.22. The molecule has 0 radical (unpaired) electrons. The fourth-order valence-corrected chi connectivity index (χ4v) is 5.22. The van der Waals surface area contributed by atoms with Gasteiger partial charge in [0.2, 0.25) is 0 Å². The van der Waals surface area contributed by atoms with E-state index in [0.29, 0.717) is 28.8 Å². The summed E-state index contributed by atoms with van der Waals surface area (Å²) in [5, 5.41) is 20.9. The Hall–Kier alpha value is -3.36. The monoisotopic (exact) mass is 458 g/mol. The Kier molecular flexibility index (Phi) is 5.27. The van der Waals surface area contributed by atoms with E-state index in [1.807, 2.05) is 6.07 Å². The number of aliphatic hydroxyl groups is 1. The molecule has 7 nitrogen and oxygen atoms in total. The second kappa shape index (κ2) is 8.45. The van der Waals surface area contributed by atoms with Crippen molar-refractivity contribution in [2.24, 2.45) is 5.92 Å². The maximum Gasteiger partial charge on any atom is 0.148 e. The molecule has 4 aromatic rings. The molecule has 1 saturated heterocycles. The summed E-state index contributed by atoms with van der Waals surface area (Å²) in [6.07, 6.45) is 8.30. The number of rotatable bonds is 6. The lowest BCUT2D eigenvalue weighted by Crippen LogP contribution is -2.34. The molecular formula is C26H27FN6O. The number of halogens is 1. The Morgan fingerprint density at radius 2 is 1.97 bits per heavy atom. The molecule has 2 aliphatic rings. The number of nitrogens with zero attached hydrogens (tertiary/aromatic N) is 4. The Morgan fingerprint density at radius 1 is 1.12 bits per heavy atom. The second-order valence-corrected chi connectivity index (χ2v) is 9.34. The third-order valence-electron chi connectivity index (χ3n) is 7.28. The summed E-state index contributed by atoms with van der Waals surface area (Å²) in [6, 6.07) is 12.7. The first-order valence-electron chi connectivity index (χ1n) is 11.8. The number of hydrogen-bond acceptors (Lipinski definition) is 6. The summed E-state index contributed by atoms with van der Waals surface area (Å²) in [7, 11) is 0. The lowest BCUT2D eigenvalue weighted by Gasteiger charge is -2.30. The Labute approximate surface area is 197 Å². The van der Waals surface area contributed by atoms with Crippen LogP contribution in [0.15, 0.2) is 54.9 Å². The Morgan fingerprint density at radius 3 is 2.71 bits per heavy atom. The molecule has 1 saturated carbocycles. The molecule has 34 heavy (non-hydrogen) atoms. The standard InChI is InChI=1S/C26H27FN6O/c27-21-13-20(33-12-7-19(16-34)32-33)2-3-22(21)31-25-14-23-17(15-29-25)1-4-24(30-23)26(8-9-26)18-5-10-28-11-6-18/h1-4,7,12-15,18,28,34H,5-6,8-11,16H2,(H,29,31). The van der Waals surface area contributed by atoms with Crippen LogP contribution in [0.5, 0.6) is 0 Å². The van der Waals surface area contributed by atoms with Crippen molar-refractivity contribution in [3.05, 3.63) is 72.1 Å². The summed E-state index contributed by atoms with van der Waals surface area (Å²) in [5.41, 5.74) is 3.71. The van der Waals surface area contributed by atoms with E-state index in [0.717, 1.165) is 24.0 Å². The van der Waals surface area contributed by atoms with Crippen LogP contribution in [-0.4, -0.2) is 37.9 Å². The quantitative estimate of drug-likeness (QED) is 0.401. The SMILES string of the molecule is OCc1ccn(-c2ccc(Nc3cc4nc(C5(C6CCNCC6)CC5)ccc4cn3)c(F)c2)n1. The van der Waals surface area contributed by atoms with Crippen molar-refractivity contribution in [1.29, 1.82) is 0 Å². The number of pyridine rings is 2. The summed E-state index contributed by atoms with van der Waals surface area (Å²) < 4.78 is 16.4. The molecule has 3 N–H and O–H groups in total. The van der Waals surface area contributed by atoms with Crippen molar-refractivity contribution >= 4 is 22.4 Å². The molecule has 0 atom stereocenters. The van der Waals surface area contributed by atoms with Crippen molar-refractivity contribution in [2.75, 3.05) is 18.4 Å². The lowest BCUT2D eigenvalue weighted by atomic mass is 9.79. The first-order chi connectivity index (χ1) is 16.6. The highest BCUT2D eigenvalue weighted by molar-refractivity contribution is 5.81. The first kappa shape index (κ1) is 21.2. The van der Waals surface area contributed by atoms with Crippen molar-refractivity contribution < 1.29 is 9.50 Å². The smallest absolute Gasteiger partial charge is 0.148 e. The van der Waals surface area contributed by atoms with E-state index < -0.39 is 5.82 Å². The van der Waals surface area contributed by atoms with E-state index >= 15 is 0 Å². The van der Waals surface area contributed by atoms with Crippen LogP contribution in [0.3, 0.4) is 0 Å². The number of aromatic nitrogens is 4. The van der Waals surface area contributed by atoms with Crippen LogP contribution in [0.25, 0.3) is 16.6 Å². The van der Waals surface area contributed by atoms with Crippen molar-refractivity contribution in [1.82, 2.24) is 25.1 Å². The highest BCUT2D eigenvalue weighted by atomic mass is 19.1. The molecule has 1 aromatic carbocycles. The third kappa shape index (κ3) is 3.82. The number of nitrogens with one attached hydrogen (secondary N) is 2. The largest absolute Gasteiger partial charge is 0.390 e. The van der Waals surface area contributed by atoms with E-state index in [-0.39, 0.29) is 12.0 Å². The molecule has 1 aliphatic carbocycles. The summed E-state index contributed by atoms with van der Waals surface area (Å²) in [6.45, 7) is 2.02. The topological polar surface area (TPSA) is 87.9 Å². The van der Waals surface area contributed by atoms with Gasteiger partial charge in [0.15, 0.2) is 0 Å². The molecule has 8 heteroatoms. The fourth-order valence-electron chi connectivity index (χ4n) is 5.22. The molecule has 1 aliphatic heterocycles. The summed E-state index contributed by atoms with van der Waals surface area (Å²) in [4.78, 5) is 9.51. The minimum atomic E-state index is -0.412. The third-order valence-corrected chi connectivity index (χ3v) is 7.28. The molecule has 0 bridgehead atoms. The molecule has 4 heterocycles. The van der Waals surface area contributed by atoms with Gasteiger partial charge >= 0.3 is 0 Å². The number of benzene rings is 1. The zero-order valence-electron chi connectivity index (χ0n) is 18.8. The van der Waals surface area contributed by atoms with Gasteiger partial charge in [-0.05, 0) is 75.0 Å². The Bertz CT molecular complexity index is 1340. The first-order valence-corrected chi connectivity index (χ1v) is 11.8. The van der Waals surface area contributed by atoms with Gasteiger partial charge in [-0.3, -0.25) is 4.98 Å². The average molecular weight is 459 g/mol. The van der Waals surface area contributed by atoms with Gasteiger partial charge < -0.3 is 15.7 Å². The van der Waals surface area contributed by atoms with E-state index in [1.165, 1.54) is 42.1 Å². The number of aliphatic hydroxyl groups excluding tert-OH is 1. The zero-order chi connectivity index (χ0) is 23.1. The number of fused-ring (bicyclic) bond motifs is 1. The zero-order valence-corrected chi connectivity index (χ0v) is 18.8. The van der Waals surface area contributed by atoms with E-state index in [1.54, 1.807) is 30.6 Å². The molecule has 174 valence electrons. The summed E-state index contributed by atoms with van der Waals surface area (Å²) in [5.74, 6) is 0.830. The molecule has 2 fully saturated rings. The minimum Gasteiger partial charge on any atom is -0.390 e.